The number of carbonyl (C=O) groups excluding carboxylic acids is 1. The smallest absolute Gasteiger partial charge is 0.257 e. The minimum Gasteiger partial charge on any atom is -0.484 e. The van der Waals surface area contributed by atoms with Gasteiger partial charge >= 0.3 is 0 Å². The molecule has 0 spiro atoms. The topological polar surface area (TPSA) is 70.9 Å². The number of aromatic nitrogens is 1. The molecule has 0 atom stereocenters. The standard InChI is InChI=1S/C20H29N5O2/c1-5-22-19(26)15-27-18-10-6-8-16(12-18)13-23-20(21-2)25(4)14-17-9-7-11-24(17)3/h6-12H,5,13-15H2,1-4H3,(H,21,23)(H,22,26). The van der Waals surface area contributed by atoms with Crippen LogP contribution in [0.15, 0.2) is 47.6 Å². The highest BCUT2D eigenvalue weighted by molar-refractivity contribution is 5.79. The number of hydrogen-bond acceptors (Lipinski definition) is 3. The minimum atomic E-state index is -0.122. The van der Waals surface area contributed by atoms with Gasteiger partial charge in [0, 0.05) is 46.1 Å². The lowest BCUT2D eigenvalue weighted by Gasteiger charge is -2.22. The normalized spacial score (nSPS) is 11.2. The third kappa shape index (κ3) is 6.36. The quantitative estimate of drug-likeness (QED) is 0.548. The lowest BCUT2D eigenvalue weighted by Crippen LogP contribution is -2.38. The van der Waals surface area contributed by atoms with E-state index in [0.717, 1.165) is 18.1 Å². The van der Waals surface area contributed by atoms with Crippen molar-refractivity contribution in [2.75, 3.05) is 27.2 Å². The second-order valence-corrected chi connectivity index (χ2v) is 6.26. The third-order valence-electron chi connectivity index (χ3n) is 4.12. The number of nitrogens with zero attached hydrogens (tertiary/aromatic N) is 3. The first kappa shape index (κ1) is 20.4. The summed E-state index contributed by atoms with van der Waals surface area (Å²) in [6, 6.07) is 11.8. The van der Waals surface area contributed by atoms with Crippen LogP contribution < -0.4 is 15.4 Å². The van der Waals surface area contributed by atoms with Gasteiger partial charge in [-0.2, -0.15) is 0 Å². The Kier molecular flexibility index (Phi) is 7.73. The summed E-state index contributed by atoms with van der Waals surface area (Å²) in [6.45, 7) is 3.88. The van der Waals surface area contributed by atoms with Crippen LogP contribution in [0.3, 0.4) is 0 Å². The van der Waals surface area contributed by atoms with E-state index in [2.05, 4.69) is 31.2 Å². The van der Waals surface area contributed by atoms with Gasteiger partial charge in [0.05, 0.1) is 6.54 Å². The number of ether oxygens (including phenoxy) is 1. The highest BCUT2D eigenvalue weighted by Gasteiger charge is 2.09. The number of amides is 1. The maximum atomic E-state index is 11.5. The predicted octanol–water partition coefficient (Wildman–Crippen LogP) is 1.75. The number of aryl methyl sites for hydroxylation is 1. The molecule has 27 heavy (non-hydrogen) atoms. The lowest BCUT2D eigenvalue weighted by molar-refractivity contribution is -0.122. The molecule has 2 N–H and O–H groups in total. The monoisotopic (exact) mass is 371 g/mol. The molecule has 0 aliphatic rings. The van der Waals surface area contributed by atoms with E-state index in [9.17, 15) is 4.79 Å². The SMILES string of the molecule is CCNC(=O)COc1cccc(CNC(=NC)N(C)Cc2cccn2C)c1. The Labute approximate surface area is 161 Å². The summed E-state index contributed by atoms with van der Waals surface area (Å²) in [7, 11) is 5.82. The van der Waals surface area contributed by atoms with Crippen molar-refractivity contribution >= 4 is 11.9 Å². The van der Waals surface area contributed by atoms with Gasteiger partial charge in [-0.05, 0) is 36.8 Å². The zero-order valence-corrected chi connectivity index (χ0v) is 16.5. The van der Waals surface area contributed by atoms with Gasteiger partial charge in [0.15, 0.2) is 12.6 Å². The highest BCUT2D eigenvalue weighted by Crippen LogP contribution is 2.13. The fourth-order valence-corrected chi connectivity index (χ4v) is 2.69. The first-order valence-corrected chi connectivity index (χ1v) is 9.04. The van der Waals surface area contributed by atoms with E-state index in [4.69, 9.17) is 4.74 Å². The molecule has 0 unspecified atom stereocenters. The fourth-order valence-electron chi connectivity index (χ4n) is 2.69. The van der Waals surface area contributed by atoms with Crippen molar-refractivity contribution in [3.05, 3.63) is 53.9 Å². The summed E-state index contributed by atoms with van der Waals surface area (Å²) in [5.41, 5.74) is 2.26. The van der Waals surface area contributed by atoms with Crippen LogP contribution in [-0.2, 0) is 24.9 Å². The number of nitrogens with one attached hydrogen (secondary N) is 2. The molecule has 0 aliphatic carbocycles. The summed E-state index contributed by atoms with van der Waals surface area (Å²) in [6.07, 6.45) is 2.03. The van der Waals surface area contributed by atoms with Gasteiger partial charge in [0.2, 0.25) is 0 Å². The molecule has 0 saturated heterocycles. The van der Waals surface area contributed by atoms with E-state index in [0.29, 0.717) is 18.8 Å². The van der Waals surface area contributed by atoms with E-state index >= 15 is 0 Å². The molecular weight excluding hydrogens is 342 g/mol. The van der Waals surface area contributed by atoms with Crippen LogP contribution in [0.5, 0.6) is 5.75 Å². The summed E-state index contributed by atoms with van der Waals surface area (Å²) in [4.78, 5) is 17.9. The Morgan fingerprint density at radius 2 is 2.07 bits per heavy atom. The second kappa shape index (κ2) is 10.3. The van der Waals surface area contributed by atoms with Gasteiger partial charge < -0.3 is 24.8 Å². The summed E-state index contributed by atoms with van der Waals surface area (Å²) < 4.78 is 7.64. The molecule has 0 aliphatic heterocycles. The molecule has 0 bridgehead atoms. The Morgan fingerprint density at radius 3 is 2.74 bits per heavy atom. The van der Waals surface area contributed by atoms with Crippen molar-refractivity contribution in [1.82, 2.24) is 20.1 Å². The molecule has 2 aromatic rings. The number of benzene rings is 1. The van der Waals surface area contributed by atoms with E-state index < -0.39 is 0 Å². The molecule has 2 rings (SSSR count). The average molecular weight is 371 g/mol. The molecular formula is C20H29N5O2. The van der Waals surface area contributed by atoms with Crippen LogP contribution >= 0.6 is 0 Å². The van der Waals surface area contributed by atoms with Crippen molar-refractivity contribution in [1.29, 1.82) is 0 Å². The molecule has 7 nitrogen and oxygen atoms in total. The first-order valence-electron chi connectivity index (χ1n) is 9.04. The minimum absolute atomic E-state index is 0.0196. The van der Waals surface area contributed by atoms with Gasteiger partial charge in [-0.25, -0.2) is 0 Å². The Hall–Kier alpha value is -2.96. The number of aliphatic imine (C=N–C) groups is 1. The van der Waals surface area contributed by atoms with E-state index in [1.807, 2.05) is 57.5 Å². The number of hydrogen-bond donors (Lipinski definition) is 2. The van der Waals surface area contributed by atoms with Gasteiger partial charge in [-0.15, -0.1) is 0 Å². The van der Waals surface area contributed by atoms with Crippen molar-refractivity contribution in [2.24, 2.45) is 12.0 Å². The van der Waals surface area contributed by atoms with E-state index in [1.165, 1.54) is 5.69 Å². The average Bonchev–Trinajstić information content (AvgIpc) is 3.06. The largest absolute Gasteiger partial charge is 0.484 e. The van der Waals surface area contributed by atoms with Gasteiger partial charge in [0.25, 0.3) is 5.91 Å². The second-order valence-electron chi connectivity index (χ2n) is 6.26. The van der Waals surface area contributed by atoms with E-state index in [1.54, 1.807) is 7.05 Å². The molecule has 7 heteroatoms. The maximum Gasteiger partial charge on any atom is 0.257 e. The predicted molar refractivity (Wildman–Crippen MR) is 108 cm³/mol. The Balaban J connectivity index is 1.89. The Bertz CT molecular complexity index is 769. The van der Waals surface area contributed by atoms with Crippen LogP contribution in [0.4, 0.5) is 0 Å². The molecule has 0 radical (unpaired) electrons. The molecule has 1 aromatic carbocycles. The van der Waals surface area contributed by atoms with E-state index in [-0.39, 0.29) is 12.5 Å². The molecule has 0 fully saturated rings. The number of rotatable bonds is 8. The summed E-state index contributed by atoms with van der Waals surface area (Å²) in [5, 5.41) is 6.07. The first-order chi connectivity index (χ1) is 13.0. The van der Waals surface area contributed by atoms with Gasteiger partial charge in [-0.1, -0.05) is 12.1 Å². The molecule has 1 amide bonds. The van der Waals surface area contributed by atoms with Crippen molar-refractivity contribution < 1.29 is 9.53 Å². The summed E-state index contributed by atoms with van der Waals surface area (Å²) >= 11 is 0. The van der Waals surface area contributed by atoms with Gasteiger partial charge in [0.1, 0.15) is 5.75 Å². The molecule has 146 valence electrons. The van der Waals surface area contributed by atoms with Crippen molar-refractivity contribution in [3.63, 3.8) is 0 Å². The number of guanidine groups is 1. The van der Waals surface area contributed by atoms with Crippen LogP contribution in [0.1, 0.15) is 18.2 Å². The lowest BCUT2D eigenvalue weighted by atomic mass is 10.2. The fraction of sp³-hybridized carbons (Fsp3) is 0.400. The molecule has 1 aromatic heterocycles. The van der Waals surface area contributed by atoms with Crippen molar-refractivity contribution in [3.8, 4) is 5.75 Å². The molecule has 1 heterocycles. The maximum absolute atomic E-state index is 11.5. The Morgan fingerprint density at radius 1 is 1.26 bits per heavy atom. The zero-order valence-electron chi connectivity index (χ0n) is 16.5. The number of likely N-dealkylation sites (N-methyl/N-ethyl adjacent to an activating group) is 1. The van der Waals surface area contributed by atoms with Crippen LogP contribution in [0, 0.1) is 0 Å². The van der Waals surface area contributed by atoms with Crippen molar-refractivity contribution in [2.45, 2.75) is 20.0 Å². The highest BCUT2D eigenvalue weighted by atomic mass is 16.5. The van der Waals surface area contributed by atoms with Gasteiger partial charge in [-0.3, -0.25) is 9.79 Å². The third-order valence-corrected chi connectivity index (χ3v) is 4.12. The van der Waals surface area contributed by atoms with Crippen LogP contribution in [0.25, 0.3) is 0 Å². The zero-order chi connectivity index (χ0) is 19.6. The summed E-state index contributed by atoms with van der Waals surface area (Å²) in [5.74, 6) is 1.36. The van der Waals surface area contributed by atoms with Crippen LogP contribution in [-0.4, -0.2) is 48.6 Å². The molecule has 0 saturated carbocycles. The van der Waals surface area contributed by atoms with Crippen LogP contribution in [0.2, 0.25) is 0 Å². The number of carbonyl (C=O) groups is 1.